The third-order valence-electron chi connectivity index (χ3n) is 7.55. The lowest BCUT2D eigenvalue weighted by molar-refractivity contribution is 1.39. The van der Waals surface area contributed by atoms with Crippen molar-refractivity contribution in [2.24, 2.45) is 0 Å². The molecule has 0 heterocycles. The van der Waals surface area contributed by atoms with Crippen LogP contribution >= 0.6 is 21.6 Å². The highest BCUT2D eigenvalue weighted by Gasteiger charge is 2.18. The standard InChI is InChI=1S/C40H34S2/c1-27-11-5-15-31(23-27)35-19-9-20-36(32-16-6-12-28(2)24-32)39(35)41-42-40-37(33-17-7-13-29(3)25-33)21-10-22-38(40)34-18-8-14-30(4)26-34/h5-26H,1-4H3. The zero-order chi connectivity index (χ0) is 29.1. The van der Waals surface area contributed by atoms with Crippen LogP contribution in [0.3, 0.4) is 0 Å². The Hall–Kier alpha value is -3.98. The second-order valence-corrected chi connectivity index (χ2v) is 13.2. The van der Waals surface area contributed by atoms with Gasteiger partial charge in [-0.3, -0.25) is 0 Å². The molecule has 6 aromatic carbocycles. The van der Waals surface area contributed by atoms with E-state index in [4.69, 9.17) is 0 Å². The van der Waals surface area contributed by atoms with E-state index in [1.54, 1.807) is 0 Å². The smallest absolute Gasteiger partial charge is 0.0343 e. The summed E-state index contributed by atoms with van der Waals surface area (Å²) < 4.78 is 0. The highest BCUT2D eigenvalue weighted by atomic mass is 33.1. The predicted octanol–water partition coefficient (Wildman–Crippen LogP) is 12.4. The van der Waals surface area contributed by atoms with Crippen molar-refractivity contribution in [2.75, 3.05) is 0 Å². The SMILES string of the molecule is Cc1cccc(-c2cccc(-c3cccc(C)c3)c2SSc2c(-c3cccc(C)c3)cccc2-c2cccc(C)c2)c1. The summed E-state index contributed by atoms with van der Waals surface area (Å²) in [6, 6.07) is 48.9. The van der Waals surface area contributed by atoms with Crippen molar-refractivity contribution >= 4 is 21.6 Å². The van der Waals surface area contributed by atoms with Gasteiger partial charge in [0.05, 0.1) is 0 Å². The number of benzene rings is 6. The minimum atomic E-state index is 1.25. The van der Waals surface area contributed by atoms with Gasteiger partial charge in [-0.2, -0.15) is 0 Å². The fourth-order valence-electron chi connectivity index (χ4n) is 5.50. The van der Waals surface area contributed by atoms with E-state index >= 15 is 0 Å². The van der Waals surface area contributed by atoms with Gasteiger partial charge in [0.1, 0.15) is 0 Å². The molecule has 0 unspecified atom stereocenters. The molecule has 0 aromatic heterocycles. The molecule has 0 aliphatic rings. The highest BCUT2D eigenvalue weighted by molar-refractivity contribution is 8.76. The Balaban J connectivity index is 1.53. The summed E-state index contributed by atoms with van der Waals surface area (Å²) in [4.78, 5) is 2.57. The second-order valence-electron chi connectivity index (χ2n) is 11.0. The lowest BCUT2D eigenvalue weighted by Crippen LogP contribution is -1.90. The second kappa shape index (κ2) is 12.5. The Kier molecular flexibility index (Phi) is 8.37. The molecule has 6 aromatic rings. The lowest BCUT2D eigenvalue weighted by atomic mass is 9.97. The van der Waals surface area contributed by atoms with Crippen molar-refractivity contribution in [3.05, 3.63) is 156 Å². The zero-order valence-corrected chi connectivity index (χ0v) is 26.2. The van der Waals surface area contributed by atoms with Crippen molar-refractivity contribution in [2.45, 2.75) is 37.5 Å². The molecule has 0 saturated carbocycles. The molecule has 0 nitrogen and oxygen atoms in total. The fraction of sp³-hybridized carbons (Fsp3) is 0.100. The first-order valence-electron chi connectivity index (χ1n) is 14.3. The van der Waals surface area contributed by atoms with Crippen LogP contribution in [-0.2, 0) is 0 Å². The average molecular weight is 579 g/mol. The molecule has 6 rings (SSSR count). The fourth-order valence-corrected chi connectivity index (χ4v) is 8.34. The number of hydrogen-bond donors (Lipinski definition) is 0. The molecule has 2 heteroatoms. The van der Waals surface area contributed by atoms with Gasteiger partial charge in [0.25, 0.3) is 0 Å². The molecule has 0 spiro atoms. The zero-order valence-electron chi connectivity index (χ0n) is 24.5. The molecule has 0 bridgehead atoms. The minimum absolute atomic E-state index is 1.25. The molecule has 206 valence electrons. The van der Waals surface area contributed by atoms with E-state index in [0.717, 1.165) is 0 Å². The van der Waals surface area contributed by atoms with Gasteiger partial charge in [0, 0.05) is 9.79 Å². The van der Waals surface area contributed by atoms with Crippen LogP contribution in [0.2, 0.25) is 0 Å². The molecule has 0 aliphatic carbocycles. The maximum Gasteiger partial charge on any atom is 0.0343 e. The topological polar surface area (TPSA) is 0 Å². The molecule has 42 heavy (non-hydrogen) atoms. The Bertz CT molecular complexity index is 1620. The van der Waals surface area contributed by atoms with Crippen LogP contribution in [0.1, 0.15) is 22.3 Å². The summed E-state index contributed by atoms with van der Waals surface area (Å²) in [5, 5.41) is 0. The van der Waals surface area contributed by atoms with Crippen LogP contribution in [0, 0.1) is 27.7 Å². The third kappa shape index (κ3) is 6.11. The summed E-state index contributed by atoms with van der Waals surface area (Å²) >= 11 is 0. The van der Waals surface area contributed by atoms with Gasteiger partial charge in [-0.25, -0.2) is 0 Å². The van der Waals surface area contributed by atoms with E-state index in [1.165, 1.54) is 76.6 Å². The number of rotatable bonds is 7. The molecule has 0 saturated heterocycles. The van der Waals surface area contributed by atoms with E-state index in [0.29, 0.717) is 0 Å². The summed E-state index contributed by atoms with van der Waals surface area (Å²) in [5.74, 6) is 0. The lowest BCUT2D eigenvalue weighted by Gasteiger charge is -2.19. The van der Waals surface area contributed by atoms with Gasteiger partial charge in [-0.1, -0.05) is 177 Å². The Morgan fingerprint density at radius 1 is 0.310 bits per heavy atom. The van der Waals surface area contributed by atoms with Gasteiger partial charge < -0.3 is 0 Å². The minimum Gasteiger partial charge on any atom is -0.0614 e. The molecule has 0 amide bonds. The van der Waals surface area contributed by atoms with E-state index in [9.17, 15) is 0 Å². The van der Waals surface area contributed by atoms with E-state index in [-0.39, 0.29) is 0 Å². The Morgan fingerprint density at radius 3 is 0.786 bits per heavy atom. The van der Waals surface area contributed by atoms with Gasteiger partial charge in [0.15, 0.2) is 0 Å². The van der Waals surface area contributed by atoms with Crippen LogP contribution in [0.15, 0.2) is 143 Å². The first-order valence-corrected chi connectivity index (χ1v) is 16.5. The van der Waals surface area contributed by atoms with E-state index in [1.807, 2.05) is 21.6 Å². The summed E-state index contributed by atoms with van der Waals surface area (Å²) in [7, 11) is 3.74. The van der Waals surface area contributed by atoms with Crippen molar-refractivity contribution in [3.8, 4) is 44.5 Å². The summed E-state index contributed by atoms with van der Waals surface area (Å²) in [6.07, 6.45) is 0. The maximum absolute atomic E-state index is 2.29. The quantitative estimate of drug-likeness (QED) is 0.173. The first-order chi connectivity index (χ1) is 20.5. The van der Waals surface area contributed by atoms with Gasteiger partial charge >= 0.3 is 0 Å². The van der Waals surface area contributed by atoms with Crippen LogP contribution < -0.4 is 0 Å². The molecular formula is C40H34S2. The van der Waals surface area contributed by atoms with Gasteiger partial charge in [-0.15, -0.1) is 0 Å². The normalized spacial score (nSPS) is 11.0. The molecule has 0 radical (unpaired) electrons. The first kappa shape index (κ1) is 28.2. The third-order valence-corrected chi connectivity index (χ3v) is 10.1. The van der Waals surface area contributed by atoms with Crippen molar-refractivity contribution in [1.82, 2.24) is 0 Å². The van der Waals surface area contributed by atoms with Crippen molar-refractivity contribution in [1.29, 1.82) is 0 Å². The van der Waals surface area contributed by atoms with Gasteiger partial charge in [-0.05, 0) is 72.2 Å². The maximum atomic E-state index is 2.29. The monoisotopic (exact) mass is 578 g/mol. The van der Waals surface area contributed by atoms with Crippen molar-refractivity contribution < 1.29 is 0 Å². The van der Waals surface area contributed by atoms with Crippen molar-refractivity contribution in [3.63, 3.8) is 0 Å². The van der Waals surface area contributed by atoms with Crippen LogP contribution in [0.5, 0.6) is 0 Å². The molecule has 0 aliphatic heterocycles. The van der Waals surface area contributed by atoms with Crippen LogP contribution in [-0.4, -0.2) is 0 Å². The molecule has 0 fully saturated rings. The average Bonchev–Trinajstić information content (AvgIpc) is 2.99. The Labute approximate surface area is 258 Å². The molecule has 0 N–H and O–H groups in total. The van der Waals surface area contributed by atoms with Crippen LogP contribution in [0.4, 0.5) is 0 Å². The molecule has 0 atom stereocenters. The van der Waals surface area contributed by atoms with Gasteiger partial charge in [0.2, 0.25) is 0 Å². The molecular weight excluding hydrogens is 545 g/mol. The predicted molar refractivity (Wildman–Crippen MR) is 185 cm³/mol. The van der Waals surface area contributed by atoms with Crippen LogP contribution in [0.25, 0.3) is 44.5 Å². The highest BCUT2D eigenvalue weighted by Crippen LogP contribution is 2.51. The summed E-state index contributed by atoms with van der Waals surface area (Å²) in [5.41, 5.74) is 15.1. The van der Waals surface area contributed by atoms with E-state index < -0.39 is 0 Å². The number of hydrogen-bond acceptors (Lipinski definition) is 2. The number of aryl methyl sites for hydroxylation is 4. The Morgan fingerprint density at radius 2 is 0.548 bits per heavy atom. The largest absolute Gasteiger partial charge is 0.0614 e. The summed E-state index contributed by atoms with van der Waals surface area (Å²) in [6.45, 7) is 8.67. The van der Waals surface area contributed by atoms with E-state index in [2.05, 4.69) is 161 Å².